The van der Waals surface area contributed by atoms with Gasteiger partial charge in [0.25, 0.3) is 0 Å². The van der Waals surface area contributed by atoms with Gasteiger partial charge in [0.05, 0.1) is 0 Å². The van der Waals surface area contributed by atoms with Gasteiger partial charge in [0, 0.05) is 18.3 Å². The Kier molecular flexibility index (Phi) is 2.81. The Morgan fingerprint density at radius 2 is 2.00 bits per heavy atom. The summed E-state index contributed by atoms with van der Waals surface area (Å²) in [6, 6.07) is 9.03. The van der Waals surface area contributed by atoms with Crippen molar-refractivity contribution in [2.24, 2.45) is 0 Å². The minimum atomic E-state index is 0.615. The van der Waals surface area contributed by atoms with Crippen LogP contribution in [0.1, 0.15) is 38.7 Å². The van der Waals surface area contributed by atoms with Crippen LogP contribution < -0.4 is 0 Å². The molecule has 0 saturated heterocycles. The molecular formula is C14H19N. The lowest BCUT2D eigenvalue weighted by atomic mass is 10.0. The lowest BCUT2D eigenvalue weighted by Gasteiger charge is -2.07. The molecule has 0 aliphatic carbocycles. The van der Waals surface area contributed by atoms with E-state index < -0.39 is 0 Å². The highest BCUT2D eigenvalue weighted by molar-refractivity contribution is 5.81. The van der Waals surface area contributed by atoms with Crippen molar-refractivity contribution in [3.05, 3.63) is 36.0 Å². The maximum Gasteiger partial charge on any atom is 0.0480 e. The molecule has 0 amide bonds. The van der Waals surface area contributed by atoms with Crippen LogP contribution in [0.3, 0.4) is 0 Å². The molecule has 1 heteroatoms. The van der Waals surface area contributed by atoms with Crippen LogP contribution in [0, 0.1) is 0 Å². The average molecular weight is 201 g/mol. The Balaban J connectivity index is 2.47. The van der Waals surface area contributed by atoms with Gasteiger partial charge in [-0.15, -0.1) is 0 Å². The molecule has 2 aromatic rings. The van der Waals surface area contributed by atoms with E-state index in [-0.39, 0.29) is 0 Å². The molecule has 0 N–H and O–H groups in total. The van der Waals surface area contributed by atoms with Crippen LogP contribution >= 0.6 is 0 Å². The van der Waals surface area contributed by atoms with E-state index in [9.17, 15) is 0 Å². The van der Waals surface area contributed by atoms with Gasteiger partial charge in [0.15, 0.2) is 0 Å². The molecule has 0 fully saturated rings. The molecule has 2 rings (SSSR count). The van der Waals surface area contributed by atoms with Gasteiger partial charge in [0.2, 0.25) is 0 Å². The summed E-state index contributed by atoms with van der Waals surface area (Å²) in [5.41, 5.74) is 2.79. The number of hydrogen-bond donors (Lipinski definition) is 0. The van der Waals surface area contributed by atoms with Crippen molar-refractivity contribution in [3.63, 3.8) is 0 Å². The summed E-state index contributed by atoms with van der Waals surface area (Å²) in [7, 11) is 0. The maximum absolute atomic E-state index is 2.33. The maximum atomic E-state index is 2.33. The Labute approximate surface area is 91.7 Å². The summed E-state index contributed by atoms with van der Waals surface area (Å²) < 4.78 is 2.33. The van der Waals surface area contributed by atoms with Gasteiger partial charge in [-0.1, -0.05) is 26.8 Å². The highest BCUT2D eigenvalue weighted by Gasteiger charge is 2.03. The van der Waals surface area contributed by atoms with E-state index in [0.29, 0.717) is 5.92 Å². The van der Waals surface area contributed by atoms with Gasteiger partial charge >= 0.3 is 0 Å². The Morgan fingerprint density at radius 3 is 2.67 bits per heavy atom. The molecule has 1 aromatic carbocycles. The van der Waals surface area contributed by atoms with Crippen LogP contribution in [-0.4, -0.2) is 4.57 Å². The number of nitrogens with zero attached hydrogens (tertiary/aromatic N) is 1. The van der Waals surface area contributed by atoms with Crippen molar-refractivity contribution >= 4 is 10.9 Å². The fourth-order valence-corrected chi connectivity index (χ4v) is 2.01. The average Bonchev–Trinajstić information content (AvgIpc) is 2.61. The molecular weight excluding hydrogens is 182 g/mol. The number of aromatic nitrogens is 1. The number of fused-ring (bicyclic) bond motifs is 1. The predicted octanol–water partition coefficient (Wildman–Crippen LogP) is 4.17. The summed E-state index contributed by atoms with van der Waals surface area (Å²) in [6.07, 6.45) is 3.38. The zero-order chi connectivity index (χ0) is 10.8. The van der Waals surface area contributed by atoms with E-state index in [1.165, 1.54) is 22.9 Å². The van der Waals surface area contributed by atoms with Gasteiger partial charge in [-0.2, -0.15) is 0 Å². The Morgan fingerprint density at radius 1 is 1.20 bits per heavy atom. The second-order valence-electron chi connectivity index (χ2n) is 4.48. The minimum Gasteiger partial charge on any atom is -0.347 e. The molecule has 1 nitrogen and oxygen atoms in total. The molecule has 0 unspecified atom stereocenters. The van der Waals surface area contributed by atoms with E-state index in [1.807, 2.05) is 0 Å². The molecule has 0 atom stereocenters. The first-order valence-electron chi connectivity index (χ1n) is 5.81. The van der Waals surface area contributed by atoms with Gasteiger partial charge in [-0.25, -0.2) is 0 Å². The van der Waals surface area contributed by atoms with E-state index >= 15 is 0 Å². The quantitative estimate of drug-likeness (QED) is 0.702. The van der Waals surface area contributed by atoms with E-state index in [0.717, 1.165) is 6.54 Å². The van der Waals surface area contributed by atoms with E-state index in [1.54, 1.807) is 0 Å². The van der Waals surface area contributed by atoms with Crippen molar-refractivity contribution in [1.29, 1.82) is 0 Å². The lowest BCUT2D eigenvalue weighted by Crippen LogP contribution is -1.94. The van der Waals surface area contributed by atoms with Crippen LogP contribution in [-0.2, 0) is 6.54 Å². The predicted molar refractivity (Wildman–Crippen MR) is 66.3 cm³/mol. The van der Waals surface area contributed by atoms with E-state index in [4.69, 9.17) is 0 Å². The molecule has 0 bridgehead atoms. The third kappa shape index (κ3) is 1.92. The smallest absolute Gasteiger partial charge is 0.0480 e. The highest BCUT2D eigenvalue weighted by Crippen LogP contribution is 2.22. The molecule has 0 spiro atoms. The molecule has 0 saturated carbocycles. The van der Waals surface area contributed by atoms with Crippen molar-refractivity contribution in [2.45, 2.75) is 39.7 Å². The molecule has 0 aliphatic heterocycles. The molecule has 80 valence electrons. The summed E-state index contributed by atoms with van der Waals surface area (Å²) >= 11 is 0. The normalized spacial score (nSPS) is 11.5. The Bertz CT molecular complexity index is 451. The standard InChI is InChI=1S/C14H19N/c1-4-8-15-9-7-13-10-12(11(2)3)5-6-14(13)15/h5-7,9-11H,4,8H2,1-3H3. The first kappa shape index (κ1) is 10.3. The molecule has 0 aliphatic rings. The topological polar surface area (TPSA) is 4.93 Å². The molecule has 0 radical (unpaired) electrons. The third-order valence-corrected chi connectivity index (χ3v) is 2.93. The fourth-order valence-electron chi connectivity index (χ4n) is 2.01. The van der Waals surface area contributed by atoms with Gasteiger partial charge < -0.3 is 4.57 Å². The van der Waals surface area contributed by atoms with Crippen molar-refractivity contribution in [2.75, 3.05) is 0 Å². The summed E-state index contributed by atoms with van der Waals surface area (Å²) in [6.45, 7) is 7.81. The van der Waals surface area contributed by atoms with E-state index in [2.05, 4.69) is 55.8 Å². The molecule has 15 heavy (non-hydrogen) atoms. The van der Waals surface area contributed by atoms with Crippen LogP contribution in [0.25, 0.3) is 10.9 Å². The third-order valence-electron chi connectivity index (χ3n) is 2.93. The number of benzene rings is 1. The van der Waals surface area contributed by atoms with Crippen molar-refractivity contribution in [1.82, 2.24) is 4.57 Å². The number of rotatable bonds is 3. The SMILES string of the molecule is CCCn1ccc2cc(C(C)C)ccc21. The number of hydrogen-bond acceptors (Lipinski definition) is 0. The summed E-state index contributed by atoms with van der Waals surface area (Å²) in [4.78, 5) is 0. The second kappa shape index (κ2) is 4.09. The van der Waals surface area contributed by atoms with Crippen LogP contribution in [0.2, 0.25) is 0 Å². The van der Waals surface area contributed by atoms with Gasteiger partial charge in [-0.3, -0.25) is 0 Å². The molecule has 1 heterocycles. The minimum absolute atomic E-state index is 0.615. The number of aryl methyl sites for hydroxylation is 1. The van der Waals surface area contributed by atoms with Gasteiger partial charge in [-0.05, 0) is 41.5 Å². The van der Waals surface area contributed by atoms with Gasteiger partial charge in [0.1, 0.15) is 0 Å². The molecule has 1 aromatic heterocycles. The first-order chi connectivity index (χ1) is 7.22. The fraction of sp³-hybridized carbons (Fsp3) is 0.429. The largest absolute Gasteiger partial charge is 0.347 e. The van der Waals surface area contributed by atoms with Crippen LogP contribution in [0.15, 0.2) is 30.5 Å². The highest BCUT2D eigenvalue weighted by atomic mass is 14.9. The zero-order valence-electron chi connectivity index (χ0n) is 9.83. The lowest BCUT2D eigenvalue weighted by molar-refractivity contribution is 0.703. The zero-order valence-corrected chi connectivity index (χ0v) is 9.83. The van der Waals surface area contributed by atoms with Crippen molar-refractivity contribution < 1.29 is 0 Å². The Hall–Kier alpha value is -1.24. The second-order valence-corrected chi connectivity index (χ2v) is 4.48. The van der Waals surface area contributed by atoms with Crippen molar-refractivity contribution in [3.8, 4) is 0 Å². The first-order valence-corrected chi connectivity index (χ1v) is 5.81. The summed E-state index contributed by atoms with van der Waals surface area (Å²) in [5, 5.41) is 1.37. The van der Waals surface area contributed by atoms with Crippen LogP contribution in [0.5, 0.6) is 0 Å². The van der Waals surface area contributed by atoms with Crippen LogP contribution in [0.4, 0.5) is 0 Å². The monoisotopic (exact) mass is 201 g/mol. The summed E-state index contributed by atoms with van der Waals surface area (Å²) in [5.74, 6) is 0.615.